The number of rotatable bonds is 6. The molecule has 1 N–H and O–H groups in total. The van der Waals surface area contributed by atoms with E-state index in [4.69, 9.17) is 14.7 Å². The molecule has 0 bridgehead atoms. The molecule has 0 amide bonds. The zero-order valence-corrected chi connectivity index (χ0v) is 17.9. The minimum absolute atomic E-state index is 0.416. The van der Waals surface area contributed by atoms with Gasteiger partial charge in [0.15, 0.2) is 5.82 Å². The third-order valence-corrected chi connectivity index (χ3v) is 5.31. The summed E-state index contributed by atoms with van der Waals surface area (Å²) in [5.41, 5.74) is 3.87. The lowest BCUT2D eigenvalue weighted by atomic mass is 10.0. The first-order valence-electron chi connectivity index (χ1n) is 10.3. The Balaban J connectivity index is 1.47. The lowest BCUT2D eigenvalue weighted by Gasteiger charge is -2.11. The fourth-order valence-electron chi connectivity index (χ4n) is 3.57. The molecule has 32 heavy (non-hydrogen) atoms. The van der Waals surface area contributed by atoms with Gasteiger partial charge in [-0.1, -0.05) is 18.2 Å². The van der Waals surface area contributed by atoms with Gasteiger partial charge in [0, 0.05) is 49.8 Å². The van der Waals surface area contributed by atoms with Crippen LogP contribution in [0.15, 0.2) is 79.4 Å². The number of imidazole rings is 1. The largest absolute Gasteiger partial charge is 0.486 e. The Morgan fingerprint density at radius 2 is 1.81 bits per heavy atom. The van der Waals surface area contributed by atoms with Crippen LogP contribution >= 0.6 is 0 Å². The molecule has 0 radical (unpaired) electrons. The lowest BCUT2D eigenvalue weighted by molar-refractivity contribution is 0.292. The van der Waals surface area contributed by atoms with Crippen LogP contribution < -0.4 is 10.1 Å². The highest BCUT2D eigenvalue weighted by Gasteiger charge is 2.11. The third-order valence-electron chi connectivity index (χ3n) is 5.31. The number of fused-ring (bicyclic) bond motifs is 1. The lowest BCUT2D eigenvalue weighted by Crippen LogP contribution is -2.02. The van der Waals surface area contributed by atoms with Gasteiger partial charge in [0.2, 0.25) is 0 Å². The Morgan fingerprint density at radius 1 is 0.938 bits per heavy atom. The maximum Gasteiger partial charge on any atom is 0.163 e. The van der Waals surface area contributed by atoms with Crippen molar-refractivity contribution in [2.24, 2.45) is 7.05 Å². The zero-order valence-electron chi connectivity index (χ0n) is 17.9. The smallest absolute Gasteiger partial charge is 0.163 e. The van der Waals surface area contributed by atoms with E-state index in [0.717, 1.165) is 45.0 Å². The fraction of sp³-hybridized carbons (Fsp3) is 0.120. The summed E-state index contributed by atoms with van der Waals surface area (Å²) in [6.07, 6.45) is 7.19. The molecule has 7 nitrogen and oxygen atoms in total. The van der Waals surface area contributed by atoms with Crippen LogP contribution in [0.5, 0.6) is 5.75 Å². The number of hydrogen-bond donors (Lipinski definition) is 1. The normalized spacial score (nSPS) is 10.9. The maximum atomic E-state index is 5.96. The summed E-state index contributed by atoms with van der Waals surface area (Å²) >= 11 is 0. The fourth-order valence-corrected chi connectivity index (χ4v) is 3.57. The van der Waals surface area contributed by atoms with E-state index >= 15 is 0 Å². The number of benzene rings is 2. The molecule has 0 aliphatic heterocycles. The van der Waals surface area contributed by atoms with Crippen LogP contribution in [0.3, 0.4) is 0 Å². The van der Waals surface area contributed by atoms with Crippen molar-refractivity contribution in [3.05, 3.63) is 85.2 Å². The Hall–Kier alpha value is -4.26. The van der Waals surface area contributed by atoms with Crippen LogP contribution in [0.2, 0.25) is 0 Å². The van der Waals surface area contributed by atoms with Gasteiger partial charge in [-0.05, 0) is 47.5 Å². The van der Waals surface area contributed by atoms with Crippen molar-refractivity contribution in [3.63, 3.8) is 0 Å². The number of aromatic nitrogens is 5. The van der Waals surface area contributed by atoms with Crippen LogP contribution in [0.4, 0.5) is 5.82 Å². The van der Waals surface area contributed by atoms with Crippen molar-refractivity contribution < 1.29 is 4.74 Å². The number of aryl methyl sites for hydroxylation is 1. The molecule has 5 rings (SSSR count). The number of ether oxygens (including phenoxy) is 1. The van der Waals surface area contributed by atoms with E-state index in [2.05, 4.69) is 33.5 Å². The van der Waals surface area contributed by atoms with E-state index in [-0.39, 0.29) is 0 Å². The Bertz CT molecular complexity index is 1380. The molecule has 0 fully saturated rings. The van der Waals surface area contributed by atoms with Crippen molar-refractivity contribution in [1.82, 2.24) is 24.5 Å². The van der Waals surface area contributed by atoms with Crippen LogP contribution in [-0.2, 0) is 13.7 Å². The highest BCUT2D eigenvalue weighted by atomic mass is 16.5. The van der Waals surface area contributed by atoms with Gasteiger partial charge in [-0.3, -0.25) is 4.98 Å². The van der Waals surface area contributed by atoms with Gasteiger partial charge in [-0.25, -0.2) is 15.0 Å². The van der Waals surface area contributed by atoms with Crippen molar-refractivity contribution >= 4 is 16.7 Å². The first kappa shape index (κ1) is 19.7. The summed E-state index contributed by atoms with van der Waals surface area (Å²) in [6, 6.07) is 18.1. The maximum absolute atomic E-state index is 5.96. The minimum atomic E-state index is 0.416. The van der Waals surface area contributed by atoms with Crippen LogP contribution in [0, 0.1) is 0 Å². The number of hydrogen-bond acceptors (Lipinski definition) is 6. The van der Waals surface area contributed by atoms with E-state index in [1.54, 1.807) is 18.6 Å². The van der Waals surface area contributed by atoms with Gasteiger partial charge < -0.3 is 14.6 Å². The second-order valence-corrected chi connectivity index (χ2v) is 7.39. The molecular formula is C25H22N6O. The van der Waals surface area contributed by atoms with E-state index in [1.807, 2.05) is 61.3 Å². The highest BCUT2D eigenvalue weighted by Crippen LogP contribution is 2.31. The van der Waals surface area contributed by atoms with Gasteiger partial charge in [-0.2, -0.15) is 0 Å². The van der Waals surface area contributed by atoms with Gasteiger partial charge in [-0.15, -0.1) is 0 Å². The third kappa shape index (κ3) is 3.88. The van der Waals surface area contributed by atoms with Gasteiger partial charge in [0.25, 0.3) is 0 Å². The van der Waals surface area contributed by atoms with Gasteiger partial charge in [0.05, 0.1) is 5.52 Å². The minimum Gasteiger partial charge on any atom is -0.486 e. The first-order valence-corrected chi connectivity index (χ1v) is 10.3. The molecule has 3 aromatic heterocycles. The van der Waals surface area contributed by atoms with E-state index in [1.165, 1.54) is 0 Å². The average Bonchev–Trinajstić information content (AvgIpc) is 3.27. The van der Waals surface area contributed by atoms with Gasteiger partial charge >= 0.3 is 0 Å². The molecule has 5 aromatic rings. The van der Waals surface area contributed by atoms with E-state index in [9.17, 15) is 0 Å². The monoisotopic (exact) mass is 422 g/mol. The predicted octanol–water partition coefficient (Wildman–Crippen LogP) is 4.71. The molecule has 0 aliphatic rings. The molecular weight excluding hydrogens is 400 g/mol. The summed E-state index contributed by atoms with van der Waals surface area (Å²) in [5, 5.41) is 4.16. The predicted molar refractivity (Wildman–Crippen MR) is 125 cm³/mol. The summed E-state index contributed by atoms with van der Waals surface area (Å²) in [4.78, 5) is 17.9. The van der Waals surface area contributed by atoms with Crippen molar-refractivity contribution in [1.29, 1.82) is 0 Å². The molecule has 0 saturated heterocycles. The summed E-state index contributed by atoms with van der Waals surface area (Å²) in [5.74, 6) is 3.09. The Labute approximate surface area is 185 Å². The second-order valence-electron chi connectivity index (χ2n) is 7.39. The average molecular weight is 422 g/mol. The SMILES string of the molecule is CNc1nc(-c2cccnc2)nc2ccc(-c3cccc(OCc4nccn4C)c3)cc12. The molecule has 0 saturated carbocycles. The number of pyridine rings is 1. The van der Waals surface area contributed by atoms with Crippen molar-refractivity contribution in [3.8, 4) is 28.3 Å². The molecule has 0 unspecified atom stereocenters. The molecule has 3 heterocycles. The molecule has 158 valence electrons. The number of nitrogens with one attached hydrogen (secondary N) is 1. The molecule has 2 aromatic carbocycles. The molecule has 7 heteroatoms. The van der Waals surface area contributed by atoms with Crippen molar-refractivity contribution in [2.75, 3.05) is 12.4 Å². The second kappa shape index (κ2) is 8.47. The standard InChI is InChI=1S/C25H22N6O/c1-26-25-21-14-18(8-9-22(21)29-24(30-25)19-6-4-10-27-15-19)17-5-3-7-20(13-17)32-16-23-28-11-12-31(23)2/h3-15H,16H2,1-2H3,(H,26,29,30). The number of nitrogens with zero attached hydrogens (tertiary/aromatic N) is 5. The topological polar surface area (TPSA) is 77.8 Å². The molecule has 0 aliphatic carbocycles. The summed E-state index contributed by atoms with van der Waals surface area (Å²) in [7, 11) is 3.83. The molecule has 0 spiro atoms. The van der Waals surface area contributed by atoms with E-state index in [0.29, 0.717) is 12.4 Å². The van der Waals surface area contributed by atoms with Gasteiger partial charge in [0.1, 0.15) is 24.0 Å². The number of anilines is 1. The Kier molecular flexibility index (Phi) is 5.21. The highest BCUT2D eigenvalue weighted by molar-refractivity contribution is 5.94. The van der Waals surface area contributed by atoms with Crippen LogP contribution in [0.25, 0.3) is 33.4 Å². The summed E-state index contributed by atoms with van der Waals surface area (Å²) < 4.78 is 7.91. The first-order chi connectivity index (χ1) is 15.7. The van der Waals surface area contributed by atoms with E-state index < -0.39 is 0 Å². The Morgan fingerprint density at radius 3 is 2.59 bits per heavy atom. The van der Waals surface area contributed by atoms with Crippen LogP contribution in [-0.4, -0.2) is 31.6 Å². The quantitative estimate of drug-likeness (QED) is 0.427. The summed E-state index contributed by atoms with van der Waals surface area (Å²) in [6.45, 7) is 0.416. The van der Waals surface area contributed by atoms with Crippen LogP contribution in [0.1, 0.15) is 5.82 Å². The zero-order chi connectivity index (χ0) is 21.9. The molecule has 0 atom stereocenters. The van der Waals surface area contributed by atoms with Crippen molar-refractivity contribution in [2.45, 2.75) is 6.61 Å².